The van der Waals surface area contributed by atoms with E-state index in [1.54, 1.807) is 0 Å². The van der Waals surface area contributed by atoms with Gasteiger partial charge in [0.2, 0.25) is 0 Å². The van der Waals surface area contributed by atoms with Crippen LogP contribution in [0.1, 0.15) is 109 Å². The maximum Gasteiger partial charge on any atom is 0.338 e. The van der Waals surface area contributed by atoms with E-state index >= 15 is 0 Å². The predicted octanol–water partition coefficient (Wildman–Crippen LogP) is 7.60. The van der Waals surface area contributed by atoms with Gasteiger partial charge < -0.3 is 14.2 Å². The van der Waals surface area contributed by atoms with Crippen LogP contribution in [0.25, 0.3) is 0 Å². The minimum Gasteiger partial charge on any atom is -0.459 e. The van der Waals surface area contributed by atoms with Gasteiger partial charge in [-0.25, -0.2) is 4.79 Å². The third kappa shape index (κ3) is 3.31. The van der Waals surface area contributed by atoms with Crippen LogP contribution in [0.15, 0.2) is 30.3 Å². The summed E-state index contributed by atoms with van der Waals surface area (Å²) in [5.74, 6) is 3.27. The smallest absolute Gasteiger partial charge is 0.338 e. The van der Waals surface area contributed by atoms with Crippen molar-refractivity contribution >= 4 is 5.97 Å². The number of rotatable bonds is 7. The average molecular weight is 521 g/mol. The van der Waals surface area contributed by atoms with E-state index in [0.717, 1.165) is 43.4 Å². The van der Waals surface area contributed by atoms with Crippen LogP contribution in [0.4, 0.5) is 0 Å². The van der Waals surface area contributed by atoms with Gasteiger partial charge in [0.1, 0.15) is 17.3 Å². The predicted molar refractivity (Wildman–Crippen MR) is 148 cm³/mol. The Morgan fingerprint density at radius 2 is 1.76 bits per heavy atom. The molecule has 6 aliphatic rings. The second-order valence-corrected chi connectivity index (χ2v) is 15.0. The van der Waals surface area contributed by atoms with E-state index in [0.29, 0.717) is 29.6 Å². The molecular weight excluding hydrogens is 472 g/mol. The highest BCUT2D eigenvalue weighted by Crippen LogP contribution is 2.83. The Bertz CT molecular complexity index is 1090. The number of hydrogen-bond donors (Lipinski definition) is 0. The monoisotopic (exact) mass is 520 g/mol. The van der Waals surface area contributed by atoms with Crippen LogP contribution >= 0.6 is 0 Å². The highest BCUT2D eigenvalue weighted by atomic mass is 16.7. The number of carbonyl (C=O) groups is 1. The van der Waals surface area contributed by atoms with Crippen molar-refractivity contribution in [2.24, 2.45) is 40.4 Å². The summed E-state index contributed by atoms with van der Waals surface area (Å²) in [6.07, 6.45) is 12.8. The molecule has 1 aromatic rings. The summed E-state index contributed by atoms with van der Waals surface area (Å²) in [6, 6.07) is 9.46. The molecule has 0 aromatic heterocycles. The molecule has 4 saturated carbocycles. The lowest BCUT2D eigenvalue weighted by atomic mass is 9.43. The van der Waals surface area contributed by atoms with Crippen LogP contribution in [0, 0.1) is 40.4 Å². The molecule has 0 radical (unpaired) electrons. The van der Waals surface area contributed by atoms with E-state index in [1.807, 2.05) is 30.3 Å². The SMILES string of the molecule is CC(C)CCC[C@@H](C)[C@H]1C[C@@H]2O[C@@]23[C@@]24O[C@@H]2C[C@H]2C[C@@H](OC(=O)c5ccccc5)CC[C@]2(C)[C@H]4CC[C@]13C. The lowest BCUT2D eigenvalue weighted by molar-refractivity contribution is -0.142. The normalized spacial score (nSPS) is 48.7. The number of epoxide rings is 2. The zero-order valence-corrected chi connectivity index (χ0v) is 24.2. The Morgan fingerprint density at radius 1 is 0.974 bits per heavy atom. The molecule has 4 heteroatoms. The molecule has 2 spiro atoms. The molecule has 0 bridgehead atoms. The van der Waals surface area contributed by atoms with Gasteiger partial charge in [-0.2, -0.15) is 0 Å². The van der Waals surface area contributed by atoms with Crippen molar-refractivity contribution in [2.45, 2.75) is 128 Å². The van der Waals surface area contributed by atoms with Crippen molar-refractivity contribution < 1.29 is 19.0 Å². The molecule has 1 aromatic carbocycles. The Hall–Kier alpha value is -1.39. The molecule has 2 saturated heterocycles. The van der Waals surface area contributed by atoms with Gasteiger partial charge in [0.15, 0.2) is 0 Å². The Morgan fingerprint density at radius 3 is 2.53 bits per heavy atom. The third-order valence-electron chi connectivity index (χ3n) is 12.9. The summed E-state index contributed by atoms with van der Waals surface area (Å²) in [5, 5.41) is 0. The van der Waals surface area contributed by atoms with Crippen molar-refractivity contribution in [1.29, 1.82) is 0 Å². The van der Waals surface area contributed by atoms with E-state index in [4.69, 9.17) is 14.2 Å². The van der Waals surface area contributed by atoms with Crippen molar-refractivity contribution in [3.63, 3.8) is 0 Å². The number of carbonyl (C=O) groups excluding carboxylic acids is 1. The zero-order valence-electron chi connectivity index (χ0n) is 24.2. The van der Waals surface area contributed by atoms with E-state index in [-0.39, 0.29) is 34.1 Å². The van der Waals surface area contributed by atoms with Gasteiger partial charge in [0, 0.05) is 5.41 Å². The summed E-state index contributed by atoms with van der Waals surface area (Å²) < 4.78 is 19.8. The molecule has 0 amide bonds. The Balaban J connectivity index is 1.08. The number of esters is 1. The molecule has 2 aliphatic heterocycles. The molecule has 4 nitrogen and oxygen atoms in total. The molecular formula is C34H48O4. The molecule has 0 N–H and O–H groups in total. The molecule has 208 valence electrons. The minimum atomic E-state index is -0.173. The topological polar surface area (TPSA) is 51.4 Å². The molecule has 11 atom stereocenters. The number of benzene rings is 1. The first-order valence-corrected chi connectivity index (χ1v) is 15.8. The average Bonchev–Trinajstić information content (AvgIpc) is 3.78. The number of ether oxygens (including phenoxy) is 3. The van der Waals surface area contributed by atoms with Gasteiger partial charge in [-0.3, -0.25) is 0 Å². The summed E-state index contributed by atoms with van der Waals surface area (Å²) in [4.78, 5) is 12.8. The van der Waals surface area contributed by atoms with Gasteiger partial charge in [-0.05, 0) is 92.1 Å². The molecule has 38 heavy (non-hydrogen) atoms. The number of hydrogen-bond acceptors (Lipinski definition) is 4. The lowest BCUT2D eigenvalue weighted by Crippen LogP contribution is -2.64. The second-order valence-electron chi connectivity index (χ2n) is 15.0. The largest absolute Gasteiger partial charge is 0.459 e. The van der Waals surface area contributed by atoms with Crippen LogP contribution in [0.3, 0.4) is 0 Å². The van der Waals surface area contributed by atoms with Crippen molar-refractivity contribution in [3.05, 3.63) is 35.9 Å². The van der Waals surface area contributed by atoms with E-state index < -0.39 is 0 Å². The Labute approximate surface area is 229 Å². The standard InChI is InChI=1S/C34H48O4/c1-21(2)10-9-11-22(3)26-20-29-34(38-29)32(26,5)17-15-27-31(4)16-14-25(18-24(31)19-28-33(27,34)37-28)36-30(35)23-12-7-6-8-13-23/h6-8,12-13,21-22,24-29H,9-11,14-20H2,1-5H3/t22-,24-,25+,26-,27-,28-,29+,31+,32-,33+,34+/m1/s1. The molecule has 0 unspecified atom stereocenters. The fraction of sp³-hybridized carbons (Fsp3) is 0.794. The number of fused-ring (bicyclic) bond motifs is 2. The summed E-state index contributed by atoms with van der Waals surface area (Å²) in [7, 11) is 0. The van der Waals surface area contributed by atoms with Gasteiger partial charge in [0.25, 0.3) is 0 Å². The molecule has 2 heterocycles. The summed E-state index contributed by atoms with van der Waals surface area (Å²) in [5.41, 5.74) is 1.04. The molecule has 4 aliphatic carbocycles. The van der Waals surface area contributed by atoms with Gasteiger partial charge >= 0.3 is 5.97 Å². The highest BCUT2D eigenvalue weighted by Gasteiger charge is 2.93. The Kier molecular flexibility index (Phi) is 5.76. The quantitative estimate of drug-likeness (QED) is 0.274. The van der Waals surface area contributed by atoms with Gasteiger partial charge in [-0.15, -0.1) is 0 Å². The van der Waals surface area contributed by atoms with Crippen LogP contribution in [-0.2, 0) is 14.2 Å². The van der Waals surface area contributed by atoms with Crippen LogP contribution in [-0.4, -0.2) is 35.5 Å². The van der Waals surface area contributed by atoms with Crippen molar-refractivity contribution in [1.82, 2.24) is 0 Å². The fourth-order valence-electron chi connectivity index (χ4n) is 10.9. The fourth-order valence-corrected chi connectivity index (χ4v) is 10.9. The van der Waals surface area contributed by atoms with Crippen LogP contribution in [0.5, 0.6) is 0 Å². The third-order valence-corrected chi connectivity index (χ3v) is 12.9. The molecule has 6 fully saturated rings. The maximum absolute atomic E-state index is 12.8. The first-order chi connectivity index (χ1) is 18.2. The highest BCUT2D eigenvalue weighted by molar-refractivity contribution is 5.89. The summed E-state index contributed by atoms with van der Waals surface area (Å²) in [6.45, 7) is 12.4. The minimum absolute atomic E-state index is 0.0199. The van der Waals surface area contributed by atoms with E-state index in [1.165, 1.54) is 38.5 Å². The van der Waals surface area contributed by atoms with Crippen LogP contribution in [0.2, 0.25) is 0 Å². The van der Waals surface area contributed by atoms with Gasteiger partial charge in [0.05, 0.1) is 17.8 Å². The van der Waals surface area contributed by atoms with Gasteiger partial charge in [-0.1, -0.05) is 72.1 Å². The van der Waals surface area contributed by atoms with Crippen molar-refractivity contribution in [2.75, 3.05) is 0 Å². The second kappa shape index (κ2) is 8.56. The van der Waals surface area contributed by atoms with Crippen LogP contribution < -0.4 is 0 Å². The van der Waals surface area contributed by atoms with Crippen molar-refractivity contribution in [3.8, 4) is 0 Å². The van der Waals surface area contributed by atoms with E-state index in [9.17, 15) is 4.79 Å². The van der Waals surface area contributed by atoms with E-state index in [2.05, 4.69) is 34.6 Å². The first-order valence-electron chi connectivity index (χ1n) is 15.8. The zero-order chi connectivity index (χ0) is 26.5. The molecule has 7 rings (SSSR count). The summed E-state index contributed by atoms with van der Waals surface area (Å²) >= 11 is 0. The maximum atomic E-state index is 12.8. The first kappa shape index (κ1) is 25.6. The lowest BCUT2D eigenvalue weighted by Gasteiger charge is -2.59.